The number of amides is 3. The van der Waals surface area contributed by atoms with Crippen LogP contribution in [0.4, 0.5) is 4.79 Å². The number of imide groups is 1. The zero-order valence-electron chi connectivity index (χ0n) is 16.2. The fourth-order valence-electron chi connectivity index (χ4n) is 3.99. The Bertz CT molecular complexity index is 1220. The van der Waals surface area contributed by atoms with Gasteiger partial charge in [0.15, 0.2) is 17.3 Å². The highest BCUT2D eigenvalue weighted by Gasteiger charge is 2.50. The molecule has 5 rings (SSSR count). The van der Waals surface area contributed by atoms with Crippen LogP contribution < -0.4 is 14.8 Å². The minimum atomic E-state index is -1.26. The van der Waals surface area contributed by atoms with Crippen molar-refractivity contribution in [2.24, 2.45) is 0 Å². The van der Waals surface area contributed by atoms with Crippen molar-refractivity contribution in [3.05, 3.63) is 71.8 Å². The molecule has 2 heterocycles. The van der Waals surface area contributed by atoms with Crippen LogP contribution in [-0.4, -0.2) is 36.0 Å². The zero-order valence-corrected chi connectivity index (χ0v) is 16.2. The second-order valence-electron chi connectivity index (χ2n) is 7.46. The number of nitrogens with one attached hydrogen (secondary N) is 1. The molecule has 2 aliphatic heterocycles. The minimum absolute atomic E-state index is 0.101. The summed E-state index contributed by atoms with van der Waals surface area (Å²) in [5, 5.41) is 4.62. The van der Waals surface area contributed by atoms with Gasteiger partial charge in [0.25, 0.3) is 5.91 Å². The van der Waals surface area contributed by atoms with E-state index in [1.54, 1.807) is 25.1 Å². The first-order valence-electron chi connectivity index (χ1n) is 9.52. The number of hydrogen-bond donors (Lipinski definition) is 1. The van der Waals surface area contributed by atoms with Gasteiger partial charge in [0, 0.05) is 5.56 Å². The van der Waals surface area contributed by atoms with Gasteiger partial charge in [-0.15, -0.1) is 0 Å². The average molecular weight is 402 g/mol. The third-order valence-electron chi connectivity index (χ3n) is 5.60. The van der Waals surface area contributed by atoms with E-state index in [4.69, 9.17) is 9.47 Å². The molecule has 7 nitrogen and oxygen atoms in total. The van der Waals surface area contributed by atoms with E-state index in [0.29, 0.717) is 22.6 Å². The van der Waals surface area contributed by atoms with Crippen molar-refractivity contribution in [3.8, 4) is 11.5 Å². The monoisotopic (exact) mass is 402 g/mol. The largest absolute Gasteiger partial charge is 0.454 e. The van der Waals surface area contributed by atoms with E-state index < -0.39 is 17.5 Å². The van der Waals surface area contributed by atoms with Gasteiger partial charge >= 0.3 is 6.03 Å². The standard InChI is InChI=1S/C23H18N2O5/c1-23(17-8-4-6-14-5-2-3-7-16(14)17)21(27)25(22(28)24-23)12-18(26)15-9-10-19-20(11-15)30-13-29-19/h2-11H,12-13H2,1H3,(H,24,28)/t23-/m1/s1. The smallest absolute Gasteiger partial charge is 0.325 e. The van der Waals surface area contributed by atoms with Crippen molar-refractivity contribution in [2.75, 3.05) is 13.3 Å². The van der Waals surface area contributed by atoms with Gasteiger partial charge in [0.05, 0.1) is 6.54 Å². The van der Waals surface area contributed by atoms with E-state index in [1.165, 1.54) is 0 Å². The van der Waals surface area contributed by atoms with Gasteiger partial charge in [-0.05, 0) is 41.5 Å². The topological polar surface area (TPSA) is 84.9 Å². The van der Waals surface area contributed by atoms with Crippen LogP contribution in [-0.2, 0) is 10.3 Å². The first-order chi connectivity index (χ1) is 14.5. The molecule has 3 aromatic carbocycles. The van der Waals surface area contributed by atoms with Crippen molar-refractivity contribution in [2.45, 2.75) is 12.5 Å². The summed E-state index contributed by atoms with van der Waals surface area (Å²) in [7, 11) is 0. The molecule has 150 valence electrons. The summed E-state index contributed by atoms with van der Waals surface area (Å²) >= 11 is 0. The lowest BCUT2D eigenvalue weighted by Gasteiger charge is -2.24. The average Bonchev–Trinajstić information content (AvgIpc) is 3.31. The first kappa shape index (κ1) is 18.2. The van der Waals surface area contributed by atoms with Crippen molar-refractivity contribution >= 4 is 28.5 Å². The molecular weight excluding hydrogens is 384 g/mol. The summed E-state index contributed by atoms with van der Waals surface area (Å²) < 4.78 is 10.5. The second kappa shape index (κ2) is 6.59. The van der Waals surface area contributed by atoms with Gasteiger partial charge in [-0.1, -0.05) is 42.5 Å². The third-order valence-corrected chi connectivity index (χ3v) is 5.60. The van der Waals surface area contributed by atoms with Gasteiger partial charge in [0.2, 0.25) is 6.79 Å². The molecule has 0 aliphatic carbocycles. The van der Waals surface area contributed by atoms with Crippen molar-refractivity contribution in [3.63, 3.8) is 0 Å². The summed E-state index contributed by atoms with van der Waals surface area (Å²) in [5.74, 6) is 0.209. The highest BCUT2D eigenvalue weighted by molar-refractivity contribution is 6.12. The molecule has 1 fully saturated rings. The van der Waals surface area contributed by atoms with Gasteiger partial charge in [-0.3, -0.25) is 14.5 Å². The van der Waals surface area contributed by atoms with Gasteiger partial charge in [0.1, 0.15) is 5.54 Å². The minimum Gasteiger partial charge on any atom is -0.454 e. The highest BCUT2D eigenvalue weighted by Crippen LogP contribution is 2.35. The molecule has 0 bridgehead atoms. The Hall–Kier alpha value is -3.87. The van der Waals surface area contributed by atoms with E-state index in [0.717, 1.165) is 15.7 Å². The SMILES string of the molecule is C[C@]1(c2cccc3ccccc23)NC(=O)N(CC(=O)c2ccc3c(c2)OCO3)C1=O. The molecule has 0 aromatic heterocycles. The number of benzene rings is 3. The van der Waals surface area contributed by atoms with E-state index in [2.05, 4.69) is 5.32 Å². The van der Waals surface area contributed by atoms with Crippen molar-refractivity contribution in [1.29, 1.82) is 0 Å². The van der Waals surface area contributed by atoms with Crippen molar-refractivity contribution in [1.82, 2.24) is 10.2 Å². The second-order valence-corrected chi connectivity index (χ2v) is 7.46. The molecule has 1 N–H and O–H groups in total. The molecule has 30 heavy (non-hydrogen) atoms. The van der Waals surface area contributed by atoms with E-state index >= 15 is 0 Å². The van der Waals surface area contributed by atoms with Crippen LogP contribution >= 0.6 is 0 Å². The molecule has 2 aliphatic rings. The number of urea groups is 1. The van der Waals surface area contributed by atoms with E-state index in [1.807, 2.05) is 42.5 Å². The Labute approximate surface area is 172 Å². The molecule has 3 amide bonds. The van der Waals surface area contributed by atoms with Crippen molar-refractivity contribution < 1.29 is 23.9 Å². The van der Waals surface area contributed by atoms with Crippen LogP contribution in [0.1, 0.15) is 22.8 Å². The molecular formula is C23H18N2O5. The van der Waals surface area contributed by atoms with E-state index in [9.17, 15) is 14.4 Å². The Morgan fingerprint density at radius 2 is 1.80 bits per heavy atom. The van der Waals surface area contributed by atoms with Crippen LogP contribution in [0.3, 0.4) is 0 Å². The van der Waals surface area contributed by atoms with E-state index in [-0.39, 0.29) is 19.1 Å². The van der Waals surface area contributed by atoms with Crippen LogP contribution in [0.15, 0.2) is 60.7 Å². The lowest BCUT2D eigenvalue weighted by molar-refractivity contribution is -0.130. The maximum absolute atomic E-state index is 13.3. The van der Waals surface area contributed by atoms with Gasteiger partial charge in [-0.2, -0.15) is 0 Å². The summed E-state index contributed by atoms with van der Waals surface area (Å²) in [6.45, 7) is 1.41. The van der Waals surface area contributed by atoms with Crippen LogP contribution in [0.5, 0.6) is 11.5 Å². The Morgan fingerprint density at radius 1 is 1.03 bits per heavy atom. The number of fused-ring (bicyclic) bond motifs is 2. The highest BCUT2D eigenvalue weighted by atomic mass is 16.7. The fraction of sp³-hybridized carbons (Fsp3) is 0.174. The van der Waals surface area contributed by atoms with Gasteiger partial charge in [-0.25, -0.2) is 4.79 Å². The predicted octanol–water partition coefficient (Wildman–Crippen LogP) is 3.22. The molecule has 0 unspecified atom stereocenters. The summed E-state index contributed by atoms with van der Waals surface area (Å²) in [5.41, 5.74) is -0.219. The number of ketones is 1. The zero-order chi connectivity index (χ0) is 20.9. The number of ether oxygens (including phenoxy) is 2. The maximum Gasteiger partial charge on any atom is 0.325 e. The lowest BCUT2D eigenvalue weighted by Crippen LogP contribution is -2.41. The number of carbonyl (C=O) groups is 3. The number of nitrogens with zero attached hydrogens (tertiary/aromatic N) is 1. The predicted molar refractivity (Wildman–Crippen MR) is 108 cm³/mol. The summed E-state index contributed by atoms with van der Waals surface area (Å²) in [4.78, 5) is 39.7. The molecule has 1 atom stereocenters. The summed E-state index contributed by atoms with van der Waals surface area (Å²) in [6, 6.07) is 17.5. The third kappa shape index (κ3) is 2.70. The Morgan fingerprint density at radius 3 is 2.67 bits per heavy atom. The lowest BCUT2D eigenvalue weighted by atomic mass is 9.88. The first-order valence-corrected chi connectivity index (χ1v) is 9.52. The molecule has 3 aromatic rings. The Kier molecular flexibility index (Phi) is 3.99. The summed E-state index contributed by atoms with van der Waals surface area (Å²) in [6.07, 6.45) is 0. The molecule has 0 saturated carbocycles. The van der Waals surface area contributed by atoms with Gasteiger partial charge < -0.3 is 14.8 Å². The molecule has 1 saturated heterocycles. The fourth-order valence-corrected chi connectivity index (χ4v) is 3.99. The molecule has 0 radical (unpaired) electrons. The number of Topliss-reactive ketones (excluding diaryl/α,β-unsaturated/α-hetero) is 1. The molecule has 7 heteroatoms. The number of rotatable bonds is 4. The maximum atomic E-state index is 13.3. The van der Waals surface area contributed by atoms with Crippen LogP contribution in [0.25, 0.3) is 10.8 Å². The van der Waals surface area contributed by atoms with Crippen LogP contribution in [0, 0.1) is 0 Å². The normalized spacial score (nSPS) is 20.0. The number of hydrogen-bond acceptors (Lipinski definition) is 5. The van der Waals surface area contributed by atoms with Crippen LogP contribution in [0.2, 0.25) is 0 Å². The quantitative estimate of drug-likeness (QED) is 0.535. The molecule has 0 spiro atoms. The number of carbonyl (C=O) groups excluding carboxylic acids is 3. The Balaban J connectivity index is 1.45.